The number of aryl methyl sites for hydroxylation is 1. The van der Waals surface area contributed by atoms with E-state index in [2.05, 4.69) is 10.2 Å². The normalized spacial score (nSPS) is 11.8. The first-order valence-corrected chi connectivity index (χ1v) is 5.35. The highest BCUT2D eigenvalue weighted by atomic mass is 19.4. The number of aromatic amines is 1. The maximum absolute atomic E-state index is 12.4. The Bertz CT molecular complexity index is 541. The Morgan fingerprint density at radius 3 is 2.33 bits per heavy atom. The Labute approximate surface area is 102 Å². The number of nitrogens with zero attached hydrogens (tertiary/aromatic N) is 1. The second-order valence-electron chi connectivity index (χ2n) is 3.96. The van der Waals surface area contributed by atoms with E-state index in [0.29, 0.717) is 17.8 Å². The first kappa shape index (κ1) is 12.6. The summed E-state index contributed by atoms with van der Waals surface area (Å²) in [6, 6.07) is 4.88. The number of hydrogen-bond acceptors (Lipinski definition) is 2. The summed E-state index contributed by atoms with van der Waals surface area (Å²) in [6.45, 7) is 2.11. The van der Waals surface area contributed by atoms with Crippen LogP contribution in [0.5, 0.6) is 0 Å². The summed E-state index contributed by atoms with van der Waals surface area (Å²) in [7, 11) is 0. The van der Waals surface area contributed by atoms with Crippen molar-refractivity contribution in [1.29, 1.82) is 0 Å². The Morgan fingerprint density at radius 1 is 1.22 bits per heavy atom. The summed E-state index contributed by atoms with van der Waals surface area (Å²) in [5.41, 5.74) is 7.78. The molecule has 1 aromatic carbocycles. The fourth-order valence-corrected chi connectivity index (χ4v) is 1.76. The van der Waals surface area contributed by atoms with Gasteiger partial charge in [0.1, 0.15) is 0 Å². The third kappa shape index (κ3) is 2.24. The van der Waals surface area contributed by atoms with Crippen molar-refractivity contribution in [3.8, 4) is 11.3 Å². The van der Waals surface area contributed by atoms with Crippen LogP contribution in [-0.2, 0) is 12.7 Å². The molecule has 0 fully saturated rings. The zero-order valence-corrected chi connectivity index (χ0v) is 9.67. The van der Waals surface area contributed by atoms with E-state index in [1.165, 1.54) is 12.1 Å². The van der Waals surface area contributed by atoms with Gasteiger partial charge in [0.05, 0.1) is 11.3 Å². The van der Waals surface area contributed by atoms with Gasteiger partial charge in [-0.2, -0.15) is 18.3 Å². The van der Waals surface area contributed by atoms with Crippen LogP contribution in [0.3, 0.4) is 0 Å². The van der Waals surface area contributed by atoms with Gasteiger partial charge in [0.2, 0.25) is 0 Å². The van der Waals surface area contributed by atoms with Crippen LogP contribution in [0.2, 0.25) is 0 Å². The standard InChI is InChI=1S/C12H12F3N3/c1-7-10(6-16)11(18-17-7)8-2-4-9(5-3-8)12(13,14)15/h2-5H,6,16H2,1H3,(H,17,18). The summed E-state index contributed by atoms with van der Waals surface area (Å²) in [6.07, 6.45) is -4.32. The molecule has 6 heteroatoms. The van der Waals surface area contributed by atoms with Crippen molar-refractivity contribution in [2.45, 2.75) is 19.6 Å². The Morgan fingerprint density at radius 2 is 1.83 bits per heavy atom. The van der Waals surface area contributed by atoms with E-state index < -0.39 is 11.7 Å². The second kappa shape index (κ2) is 4.45. The maximum Gasteiger partial charge on any atom is 0.416 e. The van der Waals surface area contributed by atoms with Crippen LogP contribution in [0.1, 0.15) is 16.8 Å². The molecule has 1 heterocycles. The number of nitrogens with one attached hydrogen (secondary N) is 1. The van der Waals surface area contributed by atoms with Gasteiger partial charge in [0.25, 0.3) is 0 Å². The van der Waals surface area contributed by atoms with Crippen LogP contribution in [0, 0.1) is 6.92 Å². The third-order valence-corrected chi connectivity index (χ3v) is 2.76. The summed E-state index contributed by atoms with van der Waals surface area (Å²) in [4.78, 5) is 0. The Kier molecular flexibility index (Phi) is 3.13. The molecule has 0 radical (unpaired) electrons. The van der Waals surface area contributed by atoms with Crippen molar-refractivity contribution in [3.05, 3.63) is 41.1 Å². The van der Waals surface area contributed by atoms with Gasteiger partial charge < -0.3 is 5.73 Å². The van der Waals surface area contributed by atoms with Gasteiger partial charge in [0, 0.05) is 23.4 Å². The molecule has 96 valence electrons. The van der Waals surface area contributed by atoms with Crippen molar-refractivity contribution in [2.24, 2.45) is 5.73 Å². The summed E-state index contributed by atoms with van der Waals surface area (Å²) in [5, 5.41) is 6.84. The first-order chi connectivity index (χ1) is 8.43. The van der Waals surface area contributed by atoms with Crippen molar-refractivity contribution >= 4 is 0 Å². The predicted octanol–water partition coefficient (Wildman–Crippen LogP) is 2.86. The van der Waals surface area contributed by atoms with Gasteiger partial charge >= 0.3 is 6.18 Å². The number of nitrogens with two attached hydrogens (primary N) is 1. The zero-order valence-electron chi connectivity index (χ0n) is 9.67. The van der Waals surface area contributed by atoms with E-state index in [4.69, 9.17) is 5.73 Å². The van der Waals surface area contributed by atoms with Crippen molar-refractivity contribution in [3.63, 3.8) is 0 Å². The molecule has 0 bridgehead atoms. The minimum absolute atomic E-state index is 0.290. The van der Waals surface area contributed by atoms with Crippen molar-refractivity contribution in [2.75, 3.05) is 0 Å². The van der Waals surface area contributed by atoms with Crippen LogP contribution < -0.4 is 5.73 Å². The molecule has 0 atom stereocenters. The fraction of sp³-hybridized carbons (Fsp3) is 0.250. The van der Waals surface area contributed by atoms with Crippen LogP contribution in [0.4, 0.5) is 13.2 Å². The van der Waals surface area contributed by atoms with E-state index in [0.717, 1.165) is 23.4 Å². The van der Waals surface area contributed by atoms with E-state index >= 15 is 0 Å². The Balaban J connectivity index is 2.40. The quantitative estimate of drug-likeness (QED) is 0.866. The lowest BCUT2D eigenvalue weighted by Crippen LogP contribution is -2.04. The van der Waals surface area contributed by atoms with Crippen molar-refractivity contribution in [1.82, 2.24) is 10.2 Å². The van der Waals surface area contributed by atoms with Crippen LogP contribution in [0.15, 0.2) is 24.3 Å². The lowest BCUT2D eigenvalue weighted by molar-refractivity contribution is -0.137. The first-order valence-electron chi connectivity index (χ1n) is 5.35. The smallest absolute Gasteiger partial charge is 0.326 e. The highest BCUT2D eigenvalue weighted by Gasteiger charge is 2.30. The summed E-state index contributed by atoms with van der Waals surface area (Å²) < 4.78 is 37.3. The van der Waals surface area contributed by atoms with Crippen molar-refractivity contribution < 1.29 is 13.2 Å². The van der Waals surface area contributed by atoms with Gasteiger partial charge in [-0.15, -0.1) is 0 Å². The second-order valence-corrected chi connectivity index (χ2v) is 3.96. The molecule has 1 aromatic heterocycles. The molecule has 0 amide bonds. The molecule has 0 aliphatic rings. The predicted molar refractivity (Wildman–Crippen MR) is 61.7 cm³/mol. The molecule has 3 nitrogen and oxygen atoms in total. The minimum Gasteiger partial charge on any atom is -0.326 e. The molecule has 0 saturated carbocycles. The molecule has 0 saturated heterocycles. The monoisotopic (exact) mass is 255 g/mol. The number of hydrogen-bond donors (Lipinski definition) is 2. The largest absolute Gasteiger partial charge is 0.416 e. The minimum atomic E-state index is -4.32. The third-order valence-electron chi connectivity index (χ3n) is 2.76. The van der Waals surface area contributed by atoms with E-state index in [-0.39, 0.29) is 0 Å². The summed E-state index contributed by atoms with van der Waals surface area (Å²) in [5.74, 6) is 0. The lowest BCUT2D eigenvalue weighted by Gasteiger charge is -2.07. The molecule has 0 spiro atoms. The summed E-state index contributed by atoms with van der Waals surface area (Å²) >= 11 is 0. The topological polar surface area (TPSA) is 54.7 Å². The molecular formula is C12H12F3N3. The van der Waals surface area contributed by atoms with Gasteiger partial charge in [0.15, 0.2) is 0 Å². The average molecular weight is 255 g/mol. The lowest BCUT2D eigenvalue weighted by atomic mass is 10.0. The van der Waals surface area contributed by atoms with Gasteiger partial charge in [-0.3, -0.25) is 5.10 Å². The van der Waals surface area contributed by atoms with Gasteiger partial charge in [-0.05, 0) is 19.1 Å². The molecule has 0 aliphatic heterocycles. The van der Waals surface area contributed by atoms with E-state index in [1.807, 2.05) is 6.92 Å². The molecule has 18 heavy (non-hydrogen) atoms. The molecule has 3 N–H and O–H groups in total. The number of rotatable bonds is 2. The number of alkyl halides is 3. The maximum atomic E-state index is 12.4. The average Bonchev–Trinajstić information content (AvgIpc) is 2.69. The van der Waals surface area contributed by atoms with Gasteiger partial charge in [-0.25, -0.2) is 0 Å². The van der Waals surface area contributed by atoms with Crippen LogP contribution in [-0.4, -0.2) is 10.2 Å². The van der Waals surface area contributed by atoms with E-state index in [1.54, 1.807) is 0 Å². The molecule has 0 aliphatic carbocycles. The number of aromatic nitrogens is 2. The fourth-order valence-electron chi connectivity index (χ4n) is 1.76. The zero-order chi connectivity index (χ0) is 13.3. The van der Waals surface area contributed by atoms with Crippen LogP contribution >= 0.6 is 0 Å². The number of benzene rings is 1. The molecular weight excluding hydrogens is 243 g/mol. The van der Waals surface area contributed by atoms with E-state index in [9.17, 15) is 13.2 Å². The SMILES string of the molecule is Cc1[nH]nc(-c2ccc(C(F)(F)F)cc2)c1CN. The molecule has 2 rings (SSSR count). The number of halogens is 3. The highest BCUT2D eigenvalue weighted by Crippen LogP contribution is 2.31. The molecule has 0 unspecified atom stereocenters. The van der Waals surface area contributed by atoms with Gasteiger partial charge in [-0.1, -0.05) is 12.1 Å². The Hall–Kier alpha value is -1.82. The highest BCUT2D eigenvalue weighted by molar-refractivity contribution is 5.64. The number of H-pyrrole nitrogens is 1. The molecule has 2 aromatic rings. The van der Waals surface area contributed by atoms with Crippen LogP contribution in [0.25, 0.3) is 11.3 Å².